The largest absolute Gasteiger partial charge is 0.381 e. The summed E-state index contributed by atoms with van der Waals surface area (Å²) in [4.78, 5) is 21.9. The minimum atomic E-state index is -0.165. The average Bonchev–Trinajstić information content (AvgIpc) is 3.27. The summed E-state index contributed by atoms with van der Waals surface area (Å²) in [6, 6.07) is 3.99. The van der Waals surface area contributed by atoms with Crippen molar-refractivity contribution in [1.29, 1.82) is 0 Å². The van der Waals surface area contributed by atoms with Gasteiger partial charge in [-0.2, -0.15) is 0 Å². The van der Waals surface area contributed by atoms with Gasteiger partial charge in [-0.1, -0.05) is 13.0 Å². The Bertz CT molecular complexity index is 588. The van der Waals surface area contributed by atoms with Gasteiger partial charge in [0.2, 0.25) is 5.91 Å². The lowest BCUT2D eigenvalue weighted by Gasteiger charge is -2.27. The first-order chi connectivity index (χ1) is 11.7. The molecule has 0 N–H and O–H groups in total. The van der Waals surface area contributed by atoms with Crippen LogP contribution in [-0.4, -0.2) is 60.1 Å². The summed E-state index contributed by atoms with van der Waals surface area (Å²) in [5, 5.41) is 0. The van der Waals surface area contributed by atoms with Crippen molar-refractivity contribution >= 4 is 5.91 Å². The van der Waals surface area contributed by atoms with E-state index in [-0.39, 0.29) is 5.41 Å². The molecule has 4 rings (SSSR count). The number of carbonyl (C=O) groups is 1. The van der Waals surface area contributed by atoms with Crippen molar-refractivity contribution in [2.75, 3.05) is 39.4 Å². The normalized spacial score (nSPS) is 33.9. The van der Waals surface area contributed by atoms with Crippen molar-refractivity contribution < 1.29 is 9.53 Å². The first-order valence-corrected chi connectivity index (χ1v) is 9.16. The Balaban J connectivity index is 1.42. The molecule has 0 bridgehead atoms. The summed E-state index contributed by atoms with van der Waals surface area (Å²) in [5.41, 5.74) is 0.954. The fourth-order valence-corrected chi connectivity index (χ4v) is 4.74. The number of likely N-dealkylation sites (tertiary alicyclic amines) is 2. The van der Waals surface area contributed by atoms with E-state index in [9.17, 15) is 4.79 Å². The standard InChI is InChI=1S/C19H27N3O2/c1-15-10-21(11-17-4-8-24-13-17)14-19(15)5-7-22(18(19)23)12-16-3-2-6-20-9-16/h2-3,6,9,15,17H,4-5,7-8,10-14H2,1H3/t15-,17?,19?/m1/s1. The molecule has 1 spiro atoms. The SMILES string of the molecule is C[C@@H]1CN(CC2CCOC2)CC12CCN(Cc1cccnc1)C2=O. The van der Waals surface area contributed by atoms with Gasteiger partial charge in [-0.15, -0.1) is 0 Å². The molecule has 0 saturated carbocycles. The maximum absolute atomic E-state index is 13.2. The van der Waals surface area contributed by atoms with Crippen LogP contribution < -0.4 is 0 Å². The fraction of sp³-hybridized carbons (Fsp3) is 0.684. The Morgan fingerprint density at radius 3 is 3.12 bits per heavy atom. The third-order valence-electron chi connectivity index (χ3n) is 6.16. The van der Waals surface area contributed by atoms with Gasteiger partial charge in [0.25, 0.3) is 0 Å². The molecule has 1 aromatic heterocycles. The molecule has 5 heteroatoms. The van der Waals surface area contributed by atoms with Crippen LogP contribution in [0.4, 0.5) is 0 Å². The van der Waals surface area contributed by atoms with Crippen LogP contribution in [0.5, 0.6) is 0 Å². The van der Waals surface area contributed by atoms with Gasteiger partial charge in [0.05, 0.1) is 12.0 Å². The topological polar surface area (TPSA) is 45.7 Å². The lowest BCUT2D eigenvalue weighted by Crippen LogP contribution is -2.39. The minimum Gasteiger partial charge on any atom is -0.381 e. The van der Waals surface area contributed by atoms with Gasteiger partial charge < -0.3 is 14.5 Å². The number of rotatable bonds is 4. The fourth-order valence-electron chi connectivity index (χ4n) is 4.74. The number of nitrogens with zero attached hydrogens (tertiary/aromatic N) is 3. The monoisotopic (exact) mass is 329 g/mol. The molecule has 3 saturated heterocycles. The highest BCUT2D eigenvalue weighted by Gasteiger charge is 2.54. The van der Waals surface area contributed by atoms with Crippen LogP contribution in [0.1, 0.15) is 25.3 Å². The van der Waals surface area contributed by atoms with Gasteiger partial charge in [0.15, 0.2) is 0 Å². The van der Waals surface area contributed by atoms with E-state index >= 15 is 0 Å². The highest BCUT2D eigenvalue weighted by Crippen LogP contribution is 2.45. The molecule has 3 aliphatic heterocycles. The maximum Gasteiger partial charge on any atom is 0.230 e. The molecular weight excluding hydrogens is 302 g/mol. The van der Waals surface area contributed by atoms with Gasteiger partial charge in [-0.25, -0.2) is 0 Å². The quantitative estimate of drug-likeness (QED) is 0.845. The second kappa shape index (κ2) is 6.45. The van der Waals surface area contributed by atoms with E-state index in [1.54, 1.807) is 6.20 Å². The summed E-state index contributed by atoms with van der Waals surface area (Å²) >= 11 is 0. The average molecular weight is 329 g/mol. The third kappa shape index (κ3) is 2.84. The maximum atomic E-state index is 13.2. The Labute approximate surface area is 144 Å². The predicted molar refractivity (Wildman–Crippen MR) is 91.2 cm³/mol. The van der Waals surface area contributed by atoms with Gasteiger partial charge in [-0.05, 0) is 36.3 Å². The summed E-state index contributed by atoms with van der Waals surface area (Å²) in [7, 11) is 0. The molecule has 4 heterocycles. The number of ether oxygens (including phenoxy) is 1. The second-order valence-corrected chi connectivity index (χ2v) is 7.82. The number of carbonyl (C=O) groups excluding carboxylic acids is 1. The molecule has 0 aromatic carbocycles. The number of amides is 1. The Morgan fingerprint density at radius 2 is 2.38 bits per heavy atom. The van der Waals surface area contributed by atoms with Crippen LogP contribution in [0, 0.1) is 17.3 Å². The van der Waals surface area contributed by atoms with E-state index in [0.717, 1.165) is 51.4 Å². The minimum absolute atomic E-state index is 0.165. The van der Waals surface area contributed by atoms with Crippen molar-refractivity contribution in [2.45, 2.75) is 26.3 Å². The molecule has 3 aliphatic rings. The van der Waals surface area contributed by atoms with E-state index in [0.29, 0.717) is 24.3 Å². The van der Waals surface area contributed by atoms with Crippen LogP contribution in [0.3, 0.4) is 0 Å². The van der Waals surface area contributed by atoms with Crippen molar-refractivity contribution in [1.82, 2.24) is 14.8 Å². The van der Waals surface area contributed by atoms with Crippen molar-refractivity contribution in [3.05, 3.63) is 30.1 Å². The zero-order valence-electron chi connectivity index (χ0n) is 14.5. The highest BCUT2D eigenvalue weighted by molar-refractivity contribution is 5.86. The van der Waals surface area contributed by atoms with Crippen LogP contribution in [-0.2, 0) is 16.1 Å². The summed E-state index contributed by atoms with van der Waals surface area (Å²) < 4.78 is 5.51. The predicted octanol–water partition coefficient (Wildman–Crippen LogP) is 1.79. The van der Waals surface area contributed by atoms with E-state index in [1.807, 2.05) is 17.2 Å². The Morgan fingerprint density at radius 1 is 1.46 bits per heavy atom. The first-order valence-electron chi connectivity index (χ1n) is 9.16. The van der Waals surface area contributed by atoms with Crippen LogP contribution in [0.2, 0.25) is 0 Å². The lowest BCUT2D eigenvalue weighted by atomic mass is 9.78. The zero-order chi connectivity index (χ0) is 16.6. The van der Waals surface area contributed by atoms with Crippen molar-refractivity contribution in [3.63, 3.8) is 0 Å². The van der Waals surface area contributed by atoms with Crippen LogP contribution in [0.25, 0.3) is 0 Å². The van der Waals surface area contributed by atoms with Crippen molar-refractivity contribution in [3.8, 4) is 0 Å². The summed E-state index contributed by atoms with van der Waals surface area (Å²) in [5.74, 6) is 1.44. The number of hydrogen-bond donors (Lipinski definition) is 0. The Kier molecular flexibility index (Phi) is 4.31. The van der Waals surface area contributed by atoms with E-state index in [2.05, 4.69) is 22.9 Å². The van der Waals surface area contributed by atoms with E-state index in [4.69, 9.17) is 4.74 Å². The van der Waals surface area contributed by atoms with Gasteiger partial charge in [0.1, 0.15) is 0 Å². The van der Waals surface area contributed by atoms with Crippen LogP contribution >= 0.6 is 0 Å². The second-order valence-electron chi connectivity index (χ2n) is 7.82. The molecule has 3 fully saturated rings. The molecule has 2 unspecified atom stereocenters. The summed E-state index contributed by atoms with van der Waals surface area (Å²) in [6.45, 7) is 8.67. The number of aromatic nitrogens is 1. The molecule has 1 aromatic rings. The highest BCUT2D eigenvalue weighted by atomic mass is 16.5. The molecule has 0 radical (unpaired) electrons. The molecule has 0 aliphatic carbocycles. The molecular formula is C19H27N3O2. The molecule has 5 nitrogen and oxygen atoms in total. The zero-order valence-corrected chi connectivity index (χ0v) is 14.5. The van der Waals surface area contributed by atoms with Gasteiger partial charge >= 0.3 is 0 Å². The molecule has 130 valence electrons. The Hall–Kier alpha value is -1.46. The molecule has 24 heavy (non-hydrogen) atoms. The van der Waals surface area contributed by atoms with E-state index < -0.39 is 0 Å². The molecule has 3 atom stereocenters. The number of hydrogen-bond acceptors (Lipinski definition) is 4. The van der Waals surface area contributed by atoms with E-state index in [1.165, 1.54) is 6.42 Å². The number of pyridine rings is 1. The summed E-state index contributed by atoms with van der Waals surface area (Å²) in [6.07, 6.45) is 5.80. The van der Waals surface area contributed by atoms with Gasteiger partial charge in [-0.3, -0.25) is 9.78 Å². The van der Waals surface area contributed by atoms with Gasteiger partial charge in [0, 0.05) is 51.7 Å². The lowest BCUT2D eigenvalue weighted by molar-refractivity contribution is -0.137. The third-order valence-corrected chi connectivity index (χ3v) is 6.16. The van der Waals surface area contributed by atoms with Crippen molar-refractivity contribution in [2.24, 2.45) is 17.3 Å². The van der Waals surface area contributed by atoms with Crippen LogP contribution in [0.15, 0.2) is 24.5 Å². The smallest absolute Gasteiger partial charge is 0.230 e. The molecule has 1 amide bonds. The first kappa shape index (κ1) is 16.0.